The monoisotopic (exact) mass is 366 g/mol. The Morgan fingerprint density at radius 2 is 1.80 bits per heavy atom. The molecule has 3 atom stereocenters. The Labute approximate surface area is 149 Å². The molecule has 2 aliphatic heterocycles. The highest BCUT2D eigenvalue weighted by atomic mass is 32.2. The summed E-state index contributed by atoms with van der Waals surface area (Å²) in [6, 6.07) is 6.44. The van der Waals surface area contributed by atoms with Crippen molar-refractivity contribution in [2.45, 2.75) is 31.6 Å². The van der Waals surface area contributed by atoms with E-state index >= 15 is 0 Å². The number of carbonyl (C=O) groups excluding carboxylic acids is 1. The Hall–Kier alpha value is -1.44. The number of amides is 1. The Kier molecular flexibility index (Phi) is 5.46. The second-order valence-corrected chi connectivity index (χ2v) is 9.28. The first kappa shape index (κ1) is 18.4. The lowest BCUT2D eigenvalue weighted by Gasteiger charge is -2.34. The maximum Gasteiger partial charge on any atom is 0.243 e. The molecule has 0 radical (unpaired) electrons. The fourth-order valence-electron chi connectivity index (χ4n) is 3.65. The zero-order valence-electron chi connectivity index (χ0n) is 14.8. The molecule has 3 unspecified atom stereocenters. The fourth-order valence-corrected chi connectivity index (χ4v) is 5.33. The van der Waals surface area contributed by atoms with E-state index in [2.05, 4.69) is 19.2 Å². The van der Waals surface area contributed by atoms with E-state index in [1.165, 1.54) is 0 Å². The van der Waals surface area contributed by atoms with Gasteiger partial charge in [0.15, 0.2) is 0 Å². The number of piperidine rings is 1. The van der Waals surface area contributed by atoms with Crippen LogP contribution < -0.4 is 5.32 Å². The highest BCUT2D eigenvalue weighted by Crippen LogP contribution is 2.27. The van der Waals surface area contributed by atoms with E-state index in [4.69, 9.17) is 4.74 Å². The van der Waals surface area contributed by atoms with Gasteiger partial charge in [0.25, 0.3) is 0 Å². The van der Waals surface area contributed by atoms with Crippen molar-refractivity contribution in [1.29, 1.82) is 0 Å². The number of benzene rings is 1. The molecule has 7 heteroatoms. The van der Waals surface area contributed by atoms with Crippen LogP contribution in [-0.4, -0.2) is 44.9 Å². The van der Waals surface area contributed by atoms with Gasteiger partial charge in [0.1, 0.15) is 0 Å². The van der Waals surface area contributed by atoms with E-state index in [0.717, 1.165) is 12.8 Å². The Bertz CT molecular complexity index is 701. The van der Waals surface area contributed by atoms with E-state index in [0.29, 0.717) is 43.8 Å². The first-order valence-corrected chi connectivity index (χ1v) is 10.3. The molecular weight excluding hydrogens is 340 g/mol. The van der Waals surface area contributed by atoms with Gasteiger partial charge in [-0.15, -0.1) is 0 Å². The summed E-state index contributed by atoms with van der Waals surface area (Å²) in [5.41, 5.74) is 0.608. The Morgan fingerprint density at radius 3 is 2.36 bits per heavy atom. The number of nitrogens with one attached hydrogen (secondary N) is 1. The lowest BCUT2D eigenvalue weighted by molar-refractivity contribution is -0.119. The molecule has 0 bridgehead atoms. The molecule has 0 aromatic heterocycles. The molecule has 0 spiro atoms. The maximum absolute atomic E-state index is 12.8. The maximum atomic E-state index is 12.8. The molecule has 2 aliphatic rings. The van der Waals surface area contributed by atoms with Gasteiger partial charge in [0.2, 0.25) is 15.9 Å². The predicted octanol–water partition coefficient (Wildman–Crippen LogP) is 2.33. The number of carbonyl (C=O) groups is 1. The minimum absolute atomic E-state index is 0.0770. The summed E-state index contributed by atoms with van der Waals surface area (Å²) in [5, 5.41) is 2.83. The van der Waals surface area contributed by atoms with Gasteiger partial charge in [-0.25, -0.2) is 8.42 Å². The van der Waals surface area contributed by atoms with Crippen molar-refractivity contribution in [2.24, 2.45) is 17.8 Å². The van der Waals surface area contributed by atoms with Crippen LogP contribution in [-0.2, 0) is 19.6 Å². The molecular formula is C18H26N2O4S. The van der Waals surface area contributed by atoms with Crippen molar-refractivity contribution >= 4 is 21.6 Å². The van der Waals surface area contributed by atoms with E-state index in [-0.39, 0.29) is 16.7 Å². The molecule has 0 saturated carbocycles. The van der Waals surface area contributed by atoms with Crippen molar-refractivity contribution in [3.63, 3.8) is 0 Å². The van der Waals surface area contributed by atoms with Crippen molar-refractivity contribution < 1.29 is 17.9 Å². The quantitative estimate of drug-likeness (QED) is 0.887. The summed E-state index contributed by atoms with van der Waals surface area (Å²) < 4.78 is 32.5. The van der Waals surface area contributed by atoms with Crippen molar-refractivity contribution in [3.8, 4) is 0 Å². The molecule has 1 amide bonds. The zero-order valence-corrected chi connectivity index (χ0v) is 15.6. The summed E-state index contributed by atoms with van der Waals surface area (Å²) in [6.45, 7) is 6.36. The molecule has 1 aromatic rings. The van der Waals surface area contributed by atoms with Crippen molar-refractivity contribution in [2.75, 3.05) is 31.6 Å². The molecule has 3 rings (SSSR count). The lowest BCUT2D eigenvalue weighted by Crippen LogP contribution is -2.42. The number of hydrogen-bond acceptors (Lipinski definition) is 4. The van der Waals surface area contributed by atoms with E-state index < -0.39 is 10.0 Å². The van der Waals surface area contributed by atoms with Crippen LogP contribution in [0.2, 0.25) is 0 Å². The minimum Gasteiger partial charge on any atom is -0.381 e. The van der Waals surface area contributed by atoms with Crippen LogP contribution in [0.4, 0.5) is 5.69 Å². The second-order valence-electron chi connectivity index (χ2n) is 7.34. The largest absolute Gasteiger partial charge is 0.381 e. The number of sulfonamides is 1. The topological polar surface area (TPSA) is 75.7 Å². The third-order valence-corrected chi connectivity index (χ3v) is 6.74. The standard InChI is InChI=1S/C18H26N2O4S/c1-13-9-14(2)11-20(10-13)25(22,23)17-5-3-16(4-6-17)19-18(21)15-7-8-24-12-15/h3-6,13-15H,7-12H2,1-2H3,(H,19,21). The van der Waals surface area contributed by atoms with Gasteiger partial charge in [-0.05, 0) is 48.9 Å². The summed E-state index contributed by atoms with van der Waals surface area (Å²) in [7, 11) is -3.49. The van der Waals surface area contributed by atoms with E-state index in [1.807, 2.05) is 0 Å². The van der Waals surface area contributed by atoms with Crippen LogP contribution in [0, 0.1) is 17.8 Å². The SMILES string of the molecule is CC1CC(C)CN(S(=O)(=O)c2ccc(NC(=O)C3CCOC3)cc2)C1. The van der Waals surface area contributed by atoms with Crippen LogP contribution in [0.5, 0.6) is 0 Å². The van der Waals surface area contributed by atoms with Crippen LogP contribution in [0.1, 0.15) is 26.7 Å². The normalized spacial score (nSPS) is 28.0. The molecule has 2 fully saturated rings. The van der Waals surface area contributed by atoms with Gasteiger partial charge in [0, 0.05) is 25.4 Å². The number of nitrogens with zero attached hydrogens (tertiary/aromatic N) is 1. The van der Waals surface area contributed by atoms with Crippen LogP contribution in [0.25, 0.3) is 0 Å². The zero-order chi connectivity index (χ0) is 18.0. The third-order valence-electron chi connectivity index (χ3n) is 4.90. The average molecular weight is 366 g/mol. The Morgan fingerprint density at radius 1 is 1.16 bits per heavy atom. The van der Waals surface area contributed by atoms with Gasteiger partial charge in [0.05, 0.1) is 17.4 Å². The first-order chi connectivity index (χ1) is 11.9. The number of hydrogen-bond donors (Lipinski definition) is 1. The fraction of sp³-hybridized carbons (Fsp3) is 0.611. The summed E-state index contributed by atoms with van der Waals surface area (Å²) in [6.07, 6.45) is 1.78. The first-order valence-electron chi connectivity index (χ1n) is 8.85. The number of ether oxygens (including phenoxy) is 1. The molecule has 6 nitrogen and oxygen atoms in total. The average Bonchev–Trinajstić information content (AvgIpc) is 3.09. The number of anilines is 1. The van der Waals surface area contributed by atoms with Gasteiger partial charge in [-0.1, -0.05) is 13.8 Å². The van der Waals surface area contributed by atoms with E-state index in [1.54, 1.807) is 28.6 Å². The van der Waals surface area contributed by atoms with Crippen LogP contribution in [0.3, 0.4) is 0 Å². The molecule has 138 valence electrons. The second kappa shape index (κ2) is 7.43. The summed E-state index contributed by atoms with van der Waals surface area (Å²) in [4.78, 5) is 12.4. The molecule has 1 N–H and O–H groups in total. The summed E-state index contributed by atoms with van der Waals surface area (Å²) in [5.74, 6) is 0.531. The van der Waals surface area contributed by atoms with Crippen LogP contribution in [0.15, 0.2) is 29.2 Å². The highest BCUT2D eigenvalue weighted by Gasteiger charge is 2.31. The molecule has 25 heavy (non-hydrogen) atoms. The predicted molar refractivity (Wildman–Crippen MR) is 95.7 cm³/mol. The summed E-state index contributed by atoms with van der Waals surface area (Å²) >= 11 is 0. The lowest BCUT2D eigenvalue weighted by atomic mass is 9.94. The van der Waals surface area contributed by atoms with E-state index in [9.17, 15) is 13.2 Å². The Balaban J connectivity index is 1.69. The van der Waals surface area contributed by atoms with Gasteiger partial charge < -0.3 is 10.1 Å². The van der Waals surface area contributed by atoms with Crippen molar-refractivity contribution in [1.82, 2.24) is 4.31 Å². The molecule has 0 aliphatic carbocycles. The van der Waals surface area contributed by atoms with Gasteiger partial charge in [-0.3, -0.25) is 4.79 Å². The molecule has 2 heterocycles. The minimum atomic E-state index is -3.49. The van der Waals surface area contributed by atoms with Gasteiger partial charge >= 0.3 is 0 Å². The van der Waals surface area contributed by atoms with Crippen LogP contribution >= 0.6 is 0 Å². The number of rotatable bonds is 4. The third kappa shape index (κ3) is 4.22. The van der Waals surface area contributed by atoms with Crippen molar-refractivity contribution in [3.05, 3.63) is 24.3 Å². The van der Waals surface area contributed by atoms with Gasteiger partial charge in [-0.2, -0.15) is 4.31 Å². The molecule has 2 saturated heterocycles. The molecule has 1 aromatic carbocycles. The smallest absolute Gasteiger partial charge is 0.243 e. The highest BCUT2D eigenvalue weighted by molar-refractivity contribution is 7.89.